The van der Waals surface area contributed by atoms with E-state index in [0.29, 0.717) is 5.82 Å². The summed E-state index contributed by atoms with van der Waals surface area (Å²) in [5.74, 6) is -0.789. The molecule has 0 saturated carbocycles. The molecule has 1 heterocycles. The molecule has 0 spiro atoms. The third kappa shape index (κ3) is 2.30. The second-order valence-corrected chi connectivity index (χ2v) is 3.54. The minimum atomic E-state index is -0.725. The third-order valence-electron chi connectivity index (χ3n) is 1.99. The lowest BCUT2D eigenvalue weighted by Gasteiger charge is -2.08. The summed E-state index contributed by atoms with van der Waals surface area (Å²) >= 11 is 5.70. The summed E-state index contributed by atoms with van der Waals surface area (Å²) in [4.78, 5) is 6.80. The molecule has 0 aliphatic rings. The van der Waals surface area contributed by atoms with Gasteiger partial charge in [-0.15, -0.1) is 0 Å². The topological polar surface area (TPSA) is 40.7 Å². The molecule has 0 amide bonds. The van der Waals surface area contributed by atoms with Crippen LogP contribution in [0.15, 0.2) is 24.5 Å². The van der Waals surface area contributed by atoms with E-state index in [1.54, 1.807) is 12.4 Å². The molecule has 84 valence electrons. The molecular weight excluding hydrogens is 236 g/mol. The maximum absolute atomic E-state index is 13.3. The lowest BCUT2D eigenvalue weighted by atomic mass is 10.3. The van der Waals surface area contributed by atoms with Gasteiger partial charge in [-0.05, 0) is 6.07 Å². The van der Waals surface area contributed by atoms with Crippen LogP contribution in [0.25, 0.3) is 0 Å². The van der Waals surface area contributed by atoms with Crippen LogP contribution in [0.2, 0.25) is 5.02 Å². The number of nitrogens with zero attached hydrogens (tertiary/aromatic N) is 1. The minimum absolute atomic E-state index is 0.00376. The quantitative estimate of drug-likeness (QED) is 0.870. The van der Waals surface area contributed by atoms with Crippen LogP contribution in [0.3, 0.4) is 0 Å². The number of imidazole rings is 1. The van der Waals surface area contributed by atoms with Gasteiger partial charge in [-0.1, -0.05) is 11.6 Å². The number of halogens is 3. The van der Waals surface area contributed by atoms with Gasteiger partial charge in [-0.2, -0.15) is 0 Å². The molecular formula is C10H8ClF2N3. The zero-order valence-electron chi connectivity index (χ0n) is 8.10. The summed E-state index contributed by atoms with van der Waals surface area (Å²) in [5, 5.41) is 2.75. The molecule has 0 bridgehead atoms. The van der Waals surface area contributed by atoms with Gasteiger partial charge in [0.05, 0.1) is 17.3 Å². The molecule has 3 nitrogen and oxygen atoms in total. The molecule has 16 heavy (non-hydrogen) atoms. The van der Waals surface area contributed by atoms with Gasteiger partial charge < -0.3 is 10.3 Å². The van der Waals surface area contributed by atoms with Gasteiger partial charge in [0.25, 0.3) is 0 Å². The molecule has 0 saturated heterocycles. The van der Waals surface area contributed by atoms with Crippen LogP contribution >= 0.6 is 11.6 Å². The summed E-state index contributed by atoms with van der Waals surface area (Å²) in [6.45, 7) is 0.287. The van der Waals surface area contributed by atoms with Crippen LogP contribution in [0, 0.1) is 11.6 Å². The lowest BCUT2D eigenvalue weighted by Crippen LogP contribution is -2.04. The fraction of sp³-hybridized carbons (Fsp3) is 0.100. The fourth-order valence-electron chi connectivity index (χ4n) is 1.28. The Bertz CT molecular complexity index is 462. The molecule has 0 unspecified atom stereocenters. The van der Waals surface area contributed by atoms with Gasteiger partial charge in [-0.3, -0.25) is 0 Å². The van der Waals surface area contributed by atoms with E-state index in [2.05, 4.69) is 15.3 Å². The minimum Gasteiger partial charge on any atom is -0.374 e. The van der Waals surface area contributed by atoms with E-state index in [1.807, 2.05) is 0 Å². The Labute approximate surface area is 95.5 Å². The van der Waals surface area contributed by atoms with Crippen molar-refractivity contribution in [2.75, 3.05) is 5.32 Å². The highest BCUT2D eigenvalue weighted by atomic mass is 35.5. The Hall–Kier alpha value is -1.62. The van der Waals surface area contributed by atoms with E-state index in [1.165, 1.54) is 0 Å². The van der Waals surface area contributed by atoms with E-state index in [0.717, 1.165) is 12.1 Å². The number of benzene rings is 1. The Morgan fingerprint density at radius 2 is 2.19 bits per heavy atom. The molecule has 2 rings (SSSR count). The molecule has 0 radical (unpaired) electrons. The van der Waals surface area contributed by atoms with Crippen LogP contribution < -0.4 is 5.32 Å². The summed E-state index contributed by atoms with van der Waals surface area (Å²) in [7, 11) is 0. The van der Waals surface area contributed by atoms with Gasteiger partial charge >= 0.3 is 0 Å². The van der Waals surface area contributed by atoms with Crippen molar-refractivity contribution in [1.82, 2.24) is 9.97 Å². The summed E-state index contributed by atoms with van der Waals surface area (Å²) in [5.41, 5.74) is 0.0690. The highest BCUT2D eigenvalue weighted by molar-refractivity contribution is 6.33. The van der Waals surface area contributed by atoms with Gasteiger partial charge in [0.15, 0.2) is 5.82 Å². The van der Waals surface area contributed by atoms with Crippen molar-refractivity contribution in [3.8, 4) is 0 Å². The molecule has 0 fully saturated rings. The van der Waals surface area contributed by atoms with Crippen LogP contribution in [-0.4, -0.2) is 9.97 Å². The van der Waals surface area contributed by atoms with E-state index in [4.69, 9.17) is 11.6 Å². The maximum Gasteiger partial charge on any atom is 0.150 e. The maximum atomic E-state index is 13.3. The van der Waals surface area contributed by atoms with Crippen LogP contribution in [0.5, 0.6) is 0 Å². The largest absolute Gasteiger partial charge is 0.374 e. The SMILES string of the molecule is Fc1cc(F)c(NCc2ncc[nH]2)c(Cl)c1. The fourth-order valence-corrected chi connectivity index (χ4v) is 1.54. The average Bonchev–Trinajstić information content (AvgIpc) is 2.68. The first-order valence-electron chi connectivity index (χ1n) is 4.53. The number of aromatic nitrogens is 2. The Kier molecular flexibility index (Phi) is 3.05. The predicted octanol–water partition coefficient (Wildman–Crippen LogP) is 2.95. The normalized spacial score (nSPS) is 10.4. The number of anilines is 1. The van der Waals surface area contributed by atoms with Crippen molar-refractivity contribution in [3.05, 3.63) is 47.0 Å². The molecule has 0 atom stereocenters. The van der Waals surface area contributed by atoms with Gasteiger partial charge in [0.1, 0.15) is 11.6 Å². The first kappa shape index (κ1) is 10.9. The van der Waals surface area contributed by atoms with Crippen LogP contribution in [0.4, 0.5) is 14.5 Å². The van der Waals surface area contributed by atoms with E-state index >= 15 is 0 Å². The highest BCUT2D eigenvalue weighted by Crippen LogP contribution is 2.26. The van der Waals surface area contributed by atoms with Gasteiger partial charge in [-0.25, -0.2) is 13.8 Å². The second-order valence-electron chi connectivity index (χ2n) is 3.13. The van der Waals surface area contributed by atoms with Gasteiger partial charge in [0, 0.05) is 18.5 Å². The molecule has 0 aliphatic heterocycles. The Morgan fingerprint density at radius 1 is 1.38 bits per heavy atom. The molecule has 0 aliphatic carbocycles. The molecule has 6 heteroatoms. The van der Waals surface area contributed by atoms with E-state index in [-0.39, 0.29) is 17.3 Å². The van der Waals surface area contributed by atoms with Crippen molar-refractivity contribution < 1.29 is 8.78 Å². The molecule has 2 N–H and O–H groups in total. The molecule has 1 aromatic carbocycles. The summed E-state index contributed by atoms with van der Waals surface area (Å²) in [6.07, 6.45) is 3.24. The predicted molar refractivity (Wildman–Crippen MR) is 57.3 cm³/mol. The Balaban J connectivity index is 2.15. The van der Waals surface area contributed by atoms with Gasteiger partial charge in [0.2, 0.25) is 0 Å². The number of aromatic amines is 1. The number of H-pyrrole nitrogens is 1. The molecule has 1 aromatic heterocycles. The number of hydrogen-bond acceptors (Lipinski definition) is 2. The number of hydrogen-bond donors (Lipinski definition) is 2. The van der Waals surface area contributed by atoms with Crippen molar-refractivity contribution in [2.45, 2.75) is 6.54 Å². The van der Waals surface area contributed by atoms with Crippen molar-refractivity contribution >= 4 is 17.3 Å². The monoisotopic (exact) mass is 243 g/mol. The van der Waals surface area contributed by atoms with Crippen LogP contribution in [0.1, 0.15) is 5.82 Å². The smallest absolute Gasteiger partial charge is 0.150 e. The van der Waals surface area contributed by atoms with Crippen molar-refractivity contribution in [3.63, 3.8) is 0 Å². The summed E-state index contributed by atoms with van der Waals surface area (Å²) < 4.78 is 26.1. The first-order chi connectivity index (χ1) is 7.66. The van der Waals surface area contributed by atoms with Crippen LogP contribution in [-0.2, 0) is 6.54 Å². The molecule has 2 aromatic rings. The highest BCUT2D eigenvalue weighted by Gasteiger charge is 2.09. The summed E-state index contributed by atoms with van der Waals surface area (Å²) in [6, 6.07) is 1.82. The first-order valence-corrected chi connectivity index (χ1v) is 4.91. The van der Waals surface area contributed by atoms with Crippen molar-refractivity contribution in [1.29, 1.82) is 0 Å². The third-order valence-corrected chi connectivity index (χ3v) is 2.29. The van der Waals surface area contributed by atoms with E-state index in [9.17, 15) is 8.78 Å². The average molecular weight is 244 g/mol. The van der Waals surface area contributed by atoms with Crippen molar-refractivity contribution in [2.24, 2.45) is 0 Å². The second kappa shape index (κ2) is 4.49. The number of nitrogens with one attached hydrogen (secondary N) is 2. The van der Waals surface area contributed by atoms with E-state index < -0.39 is 11.6 Å². The zero-order valence-corrected chi connectivity index (χ0v) is 8.85. The number of rotatable bonds is 3. The lowest BCUT2D eigenvalue weighted by molar-refractivity contribution is 0.585. The zero-order chi connectivity index (χ0) is 11.5. The standard InChI is InChI=1S/C10H8ClF2N3/c11-7-3-6(12)4-8(13)10(7)16-5-9-14-1-2-15-9/h1-4,16H,5H2,(H,14,15). The Morgan fingerprint density at radius 3 is 2.81 bits per heavy atom.